The predicted octanol–water partition coefficient (Wildman–Crippen LogP) is 4.78. The summed E-state index contributed by atoms with van der Waals surface area (Å²) < 4.78 is 11.3. The van der Waals surface area contributed by atoms with Crippen molar-refractivity contribution in [2.24, 2.45) is 0 Å². The lowest BCUT2D eigenvalue weighted by atomic mass is 10.1. The quantitative estimate of drug-likeness (QED) is 0.522. The highest BCUT2D eigenvalue weighted by molar-refractivity contribution is 7.07. The normalized spacial score (nSPS) is 10.5. The second-order valence-electron chi connectivity index (χ2n) is 6.14. The van der Waals surface area contributed by atoms with Gasteiger partial charge in [-0.05, 0) is 66.6 Å². The second-order valence-corrected chi connectivity index (χ2v) is 6.92. The zero-order valence-electron chi connectivity index (χ0n) is 16.1. The van der Waals surface area contributed by atoms with Crippen molar-refractivity contribution >= 4 is 17.2 Å². The molecule has 0 saturated heterocycles. The van der Waals surface area contributed by atoms with Crippen LogP contribution in [0.1, 0.15) is 35.5 Å². The molecule has 0 aliphatic heterocycles. The maximum Gasteiger partial charge on any atom is 0.254 e. The molecule has 2 aromatic heterocycles. The van der Waals surface area contributed by atoms with Crippen molar-refractivity contribution in [3.05, 3.63) is 76.2 Å². The summed E-state index contributed by atoms with van der Waals surface area (Å²) in [5, 5.41) is 4.07. The Kier molecular flexibility index (Phi) is 7.03. The van der Waals surface area contributed by atoms with Gasteiger partial charge in [-0.3, -0.25) is 9.78 Å². The molecule has 5 nitrogen and oxygen atoms in total. The summed E-state index contributed by atoms with van der Waals surface area (Å²) in [6.07, 6.45) is 1.74. The Balaban J connectivity index is 1.88. The van der Waals surface area contributed by atoms with Crippen molar-refractivity contribution in [1.82, 2.24) is 9.88 Å². The molecule has 28 heavy (non-hydrogen) atoms. The number of amides is 1. The average Bonchev–Trinajstić information content (AvgIpc) is 3.22. The topological polar surface area (TPSA) is 51.7 Å². The maximum absolute atomic E-state index is 13.3. The molecule has 0 radical (unpaired) electrons. The lowest BCUT2D eigenvalue weighted by Crippen LogP contribution is -2.30. The molecule has 1 amide bonds. The number of nitrogens with zero attached hydrogens (tertiary/aromatic N) is 2. The first kappa shape index (κ1) is 19.9. The number of hydrogen-bond donors (Lipinski definition) is 0. The molecular formula is C22H24N2O3S. The summed E-state index contributed by atoms with van der Waals surface area (Å²) in [5.41, 5.74) is 2.52. The van der Waals surface area contributed by atoms with Crippen LogP contribution in [0.25, 0.3) is 0 Å². The van der Waals surface area contributed by atoms with E-state index in [2.05, 4.69) is 10.4 Å². The molecule has 0 aliphatic rings. The number of carbonyl (C=O) groups is 1. The average molecular weight is 397 g/mol. The lowest BCUT2D eigenvalue weighted by Gasteiger charge is -2.23. The van der Waals surface area contributed by atoms with Crippen LogP contribution in [-0.2, 0) is 13.1 Å². The van der Waals surface area contributed by atoms with Crippen LogP contribution in [0.3, 0.4) is 0 Å². The lowest BCUT2D eigenvalue weighted by molar-refractivity contribution is 0.0727. The summed E-state index contributed by atoms with van der Waals surface area (Å²) >= 11 is 1.62. The minimum absolute atomic E-state index is 0.0687. The third-order valence-corrected chi connectivity index (χ3v) is 4.84. The van der Waals surface area contributed by atoms with E-state index < -0.39 is 0 Å². The van der Waals surface area contributed by atoms with Gasteiger partial charge in [0.05, 0.1) is 25.5 Å². The summed E-state index contributed by atoms with van der Waals surface area (Å²) in [4.78, 5) is 19.5. The van der Waals surface area contributed by atoms with Gasteiger partial charge in [-0.1, -0.05) is 6.07 Å². The third-order valence-electron chi connectivity index (χ3n) is 4.11. The molecule has 0 fully saturated rings. The zero-order valence-corrected chi connectivity index (χ0v) is 16.9. The van der Waals surface area contributed by atoms with Crippen molar-refractivity contribution in [2.45, 2.75) is 26.9 Å². The number of rotatable bonds is 9. The Hall–Kier alpha value is -2.86. The van der Waals surface area contributed by atoms with Crippen molar-refractivity contribution in [3.8, 4) is 11.5 Å². The van der Waals surface area contributed by atoms with E-state index in [-0.39, 0.29) is 5.91 Å². The minimum atomic E-state index is -0.0687. The SMILES string of the molecule is CCOc1ccc(C(=O)N(Cc2ccsc2)Cc2ccccn2)cc1OCC. The Bertz CT molecular complexity index is 882. The smallest absolute Gasteiger partial charge is 0.254 e. The standard InChI is InChI=1S/C22H24N2O3S/c1-3-26-20-9-8-18(13-21(20)27-4-2)22(25)24(14-17-10-12-28-16-17)15-19-7-5-6-11-23-19/h5-13,16H,3-4,14-15H2,1-2H3. The largest absolute Gasteiger partial charge is 0.490 e. The summed E-state index contributed by atoms with van der Waals surface area (Å²) in [7, 11) is 0. The summed E-state index contributed by atoms with van der Waals surface area (Å²) in [5.74, 6) is 1.17. The van der Waals surface area contributed by atoms with Crippen LogP contribution >= 0.6 is 11.3 Å². The number of ether oxygens (including phenoxy) is 2. The molecule has 3 rings (SSSR count). The fraction of sp³-hybridized carbons (Fsp3) is 0.273. The van der Waals surface area contributed by atoms with Gasteiger partial charge in [-0.15, -0.1) is 0 Å². The first-order valence-corrected chi connectivity index (χ1v) is 10.3. The van der Waals surface area contributed by atoms with Gasteiger partial charge in [-0.25, -0.2) is 0 Å². The number of thiophene rings is 1. The van der Waals surface area contributed by atoms with E-state index >= 15 is 0 Å². The van der Waals surface area contributed by atoms with Crippen LogP contribution in [0, 0.1) is 0 Å². The van der Waals surface area contributed by atoms with Crippen molar-refractivity contribution < 1.29 is 14.3 Å². The van der Waals surface area contributed by atoms with E-state index in [1.165, 1.54) is 0 Å². The van der Waals surface area contributed by atoms with Gasteiger partial charge >= 0.3 is 0 Å². The zero-order chi connectivity index (χ0) is 19.8. The molecule has 0 bridgehead atoms. The van der Waals surface area contributed by atoms with Gasteiger partial charge in [0, 0.05) is 18.3 Å². The Labute approximate surface area is 169 Å². The van der Waals surface area contributed by atoms with Gasteiger partial charge < -0.3 is 14.4 Å². The first-order valence-electron chi connectivity index (χ1n) is 9.31. The highest BCUT2D eigenvalue weighted by Gasteiger charge is 2.19. The molecule has 2 heterocycles. The molecule has 0 N–H and O–H groups in total. The summed E-state index contributed by atoms with van der Waals surface area (Å²) in [6.45, 7) is 5.84. The highest BCUT2D eigenvalue weighted by Crippen LogP contribution is 2.29. The Morgan fingerprint density at radius 1 is 1.04 bits per heavy atom. The van der Waals surface area contributed by atoms with Crippen LogP contribution in [0.15, 0.2) is 59.4 Å². The van der Waals surface area contributed by atoms with E-state index in [0.29, 0.717) is 43.4 Å². The van der Waals surface area contributed by atoms with Gasteiger partial charge in [0.1, 0.15) is 0 Å². The molecule has 0 unspecified atom stereocenters. The third kappa shape index (κ3) is 5.10. The van der Waals surface area contributed by atoms with Gasteiger partial charge in [0.15, 0.2) is 11.5 Å². The number of aromatic nitrogens is 1. The maximum atomic E-state index is 13.3. The number of benzene rings is 1. The van der Waals surface area contributed by atoms with E-state index in [4.69, 9.17) is 9.47 Å². The molecule has 0 aliphatic carbocycles. The van der Waals surface area contributed by atoms with Gasteiger partial charge in [0.25, 0.3) is 5.91 Å². The van der Waals surface area contributed by atoms with Crippen LogP contribution in [0.5, 0.6) is 11.5 Å². The van der Waals surface area contributed by atoms with Gasteiger partial charge in [-0.2, -0.15) is 11.3 Å². The molecule has 0 atom stereocenters. The van der Waals surface area contributed by atoms with E-state index in [1.807, 2.05) is 43.5 Å². The van der Waals surface area contributed by atoms with Crippen LogP contribution in [0.2, 0.25) is 0 Å². The number of pyridine rings is 1. The fourth-order valence-electron chi connectivity index (χ4n) is 2.86. The van der Waals surface area contributed by atoms with Crippen molar-refractivity contribution in [3.63, 3.8) is 0 Å². The predicted molar refractivity (Wildman–Crippen MR) is 111 cm³/mol. The van der Waals surface area contributed by atoms with Crippen molar-refractivity contribution in [2.75, 3.05) is 13.2 Å². The number of carbonyl (C=O) groups excluding carboxylic acids is 1. The molecule has 146 valence electrons. The van der Waals surface area contributed by atoms with Crippen LogP contribution in [-0.4, -0.2) is 29.0 Å². The molecule has 1 aromatic carbocycles. The highest BCUT2D eigenvalue weighted by atomic mass is 32.1. The van der Waals surface area contributed by atoms with Crippen LogP contribution in [0.4, 0.5) is 0 Å². The molecular weight excluding hydrogens is 372 g/mol. The molecule has 0 saturated carbocycles. The second kappa shape index (κ2) is 9.90. The van der Waals surface area contributed by atoms with Gasteiger partial charge in [0.2, 0.25) is 0 Å². The Morgan fingerprint density at radius 2 is 1.86 bits per heavy atom. The first-order chi connectivity index (χ1) is 13.7. The number of hydrogen-bond acceptors (Lipinski definition) is 5. The monoisotopic (exact) mass is 396 g/mol. The molecule has 0 spiro atoms. The van der Waals surface area contributed by atoms with Crippen LogP contribution < -0.4 is 9.47 Å². The molecule has 6 heteroatoms. The summed E-state index contributed by atoms with van der Waals surface area (Å²) in [6, 6.07) is 13.1. The van der Waals surface area contributed by atoms with E-state index in [0.717, 1.165) is 11.3 Å². The Morgan fingerprint density at radius 3 is 2.54 bits per heavy atom. The minimum Gasteiger partial charge on any atom is -0.490 e. The van der Waals surface area contributed by atoms with E-state index in [9.17, 15) is 4.79 Å². The van der Waals surface area contributed by atoms with E-state index in [1.54, 1.807) is 40.6 Å². The fourth-order valence-corrected chi connectivity index (χ4v) is 3.52. The molecule has 3 aromatic rings. The van der Waals surface area contributed by atoms with Crippen molar-refractivity contribution in [1.29, 1.82) is 0 Å².